The van der Waals surface area contributed by atoms with E-state index in [-0.39, 0.29) is 11.1 Å². The van der Waals surface area contributed by atoms with Gasteiger partial charge in [-0.1, -0.05) is 31.2 Å². The van der Waals surface area contributed by atoms with Gasteiger partial charge in [0.15, 0.2) is 17.5 Å². The van der Waals surface area contributed by atoms with E-state index in [0.717, 1.165) is 37.0 Å². The van der Waals surface area contributed by atoms with Crippen molar-refractivity contribution >= 4 is 0 Å². The standard InChI is InChI=1S/C26H28F4/c1-2-3-4-16-5-7-17(8-6-16)18-9-11-21-19(13-18)10-12-22(25(21)29)20-14-23(27)26(30)24(28)15-20/h3-4,10,12,14-18H,2,5-9,11,13H2,1H3/b4-3+. The SMILES string of the molecule is CC/C=C/C1CCC(C2CCc3c(ccc(-c4cc(F)c(F)c(F)c4)c3F)C2)CC1. The van der Waals surface area contributed by atoms with E-state index >= 15 is 4.39 Å². The number of hydrogen-bond acceptors (Lipinski definition) is 0. The van der Waals surface area contributed by atoms with Crippen molar-refractivity contribution in [2.45, 2.75) is 58.3 Å². The van der Waals surface area contributed by atoms with Gasteiger partial charge in [0, 0.05) is 5.56 Å². The number of allylic oxidation sites excluding steroid dienone is 2. The minimum atomic E-state index is -1.53. The van der Waals surface area contributed by atoms with E-state index in [4.69, 9.17) is 0 Å². The minimum absolute atomic E-state index is 0.0345. The molecule has 0 radical (unpaired) electrons. The first kappa shape index (κ1) is 21.1. The molecule has 30 heavy (non-hydrogen) atoms. The highest BCUT2D eigenvalue weighted by atomic mass is 19.2. The van der Waals surface area contributed by atoms with Gasteiger partial charge in [0.2, 0.25) is 0 Å². The van der Waals surface area contributed by atoms with E-state index in [1.165, 1.54) is 25.7 Å². The maximum atomic E-state index is 15.2. The van der Waals surface area contributed by atoms with Crippen LogP contribution in [0.1, 0.15) is 56.6 Å². The Labute approximate surface area is 176 Å². The van der Waals surface area contributed by atoms with E-state index in [2.05, 4.69) is 19.1 Å². The Kier molecular flexibility index (Phi) is 6.31. The second-order valence-corrected chi connectivity index (χ2v) is 8.83. The molecule has 2 aromatic rings. The van der Waals surface area contributed by atoms with Gasteiger partial charge in [0.25, 0.3) is 0 Å². The summed E-state index contributed by atoms with van der Waals surface area (Å²) < 4.78 is 55.7. The Hall–Kier alpha value is -2.10. The summed E-state index contributed by atoms with van der Waals surface area (Å²) in [4.78, 5) is 0. The van der Waals surface area contributed by atoms with Crippen LogP contribution in [-0.4, -0.2) is 0 Å². The molecular weight excluding hydrogens is 388 g/mol. The van der Waals surface area contributed by atoms with E-state index in [9.17, 15) is 13.2 Å². The minimum Gasteiger partial charge on any atom is -0.206 e. The van der Waals surface area contributed by atoms with Crippen molar-refractivity contribution in [2.75, 3.05) is 0 Å². The fourth-order valence-corrected chi connectivity index (χ4v) is 5.31. The molecule has 0 spiro atoms. The molecule has 2 aliphatic carbocycles. The largest absolute Gasteiger partial charge is 0.206 e. The van der Waals surface area contributed by atoms with Gasteiger partial charge in [-0.15, -0.1) is 0 Å². The van der Waals surface area contributed by atoms with E-state index in [1.54, 1.807) is 6.07 Å². The fraction of sp³-hybridized carbons (Fsp3) is 0.462. The average Bonchev–Trinajstić information content (AvgIpc) is 2.76. The Morgan fingerprint density at radius 2 is 1.57 bits per heavy atom. The summed E-state index contributed by atoms with van der Waals surface area (Å²) in [5.41, 5.74) is 1.82. The van der Waals surface area contributed by atoms with Crippen molar-refractivity contribution in [1.82, 2.24) is 0 Å². The Morgan fingerprint density at radius 1 is 0.867 bits per heavy atom. The van der Waals surface area contributed by atoms with Crippen LogP contribution >= 0.6 is 0 Å². The summed E-state index contributed by atoms with van der Waals surface area (Å²) in [6.07, 6.45) is 13.1. The van der Waals surface area contributed by atoms with Crippen LogP contribution in [0.25, 0.3) is 11.1 Å². The molecule has 1 atom stereocenters. The molecule has 0 bridgehead atoms. The molecule has 2 aliphatic rings. The van der Waals surface area contributed by atoms with Gasteiger partial charge >= 0.3 is 0 Å². The summed E-state index contributed by atoms with van der Waals surface area (Å²) in [7, 11) is 0. The summed E-state index contributed by atoms with van der Waals surface area (Å²) >= 11 is 0. The first-order chi connectivity index (χ1) is 14.5. The number of halogens is 4. The average molecular weight is 417 g/mol. The third-order valence-electron chi connectivity index (χ3n) is 7.01. The van der Waals surface area contributed by atoms with Gasteiger partial charge in [-0.05, 0) is 97.9 Å². The summed E-state index contributed by atoms with van der Waals surface area (Å²) in [5.74, 6) is -2.59. The highest BCUT2D eigenvalue weighted by molar-refractivity contribution is 5.66. The number of rotatable bonds is 4. The highest BCUT2D eigenvalue weighted by Gasteiger charge is 2.31. The van der Waals surface area contributed by atoms with Crippen molar-refractivity contribution < 1.29 is 17.6 Å². The van der Waals surface area contributed by atoms with Crippen molar-refractivity contribution in [3.05, 3.63) is 70.8 Å². The molecule has 1 saturated carbocycles. The predicted molar refractivity (Wildman–Crippen MR) is 112 cm³/mol. The number of hydrogen-bond donors (Lipinski definition) is 0. The van der Waals surface area contributed by atoms with E-state index in [1.807, 2.05) is 6.07 Å². The molecule has 1 fully saturated rings. The molecule has 0 nitrogen and oxygen atoms in total. The van der Waals surface area contributed by atoms with Gasteiger partial charge in [-0.25, -0.2) is 17.6 Å². The quantitative estimate of drug-likeness (QED) is 0.271. The molecule has 0 amide bonds. The van der Waals surface area contributed by atoms with Crippen LogP contribution in [0.5, 0.6) is 0 Å². The van der Waals surface area contributed by atoms with Crippen LogP contribution < -0.4 is 0 Å². The smallest absolute Gasteiger partial charge is 0.194 e. The lowest BCUT2D eigenvalue weighted by Gasteiger charge is -2.36. The van der Waals surface area contributed by atoms with Crippen LogP contribution in [-0.2, 0) is 12.8 Å². The van der Waals surface area contributed by atoms with Crippen LogP contribution in [0.15, 0.2) is 36.4 Å². The zero-order chi connectivity index (χ0) is 21.3. The lowest BCUT2D eigenvalue weighted by molar-refractivity contribution is 0.205. The zero-order valence-corrected chi connectivity index (χ0v) is 17.4. The molecule has 0 aromatic heterocycles. The van der Waals surface area contributed by atoms with Crippen molar-refractivity contribution in [2.24, 2.45) is 17.8 Å². The fourth-order valence-electron chi connectivity index (χ4n) is 5.31. The molecular formula is C26H28F4. The zero-order valence-electron chi connectivity index (χ0n) is 17.4. The number of fused-ring (bicyclic) bond motifs is 1. The first-order valence-electron chi connectivity index (χ1n) is 11.1. The maximum Gasteiger partial charge on any atom is 0.194 e. The van der Waals surface area contributed by atoms with Gasteiger partial charge in [0.05, 0.1) is 0 Å². The van der Waals surface area contributed by atoms with Crippen LogP contribution in [0.4, 0.5) is 17.6 Å². The van der Waals surface area contributed by atoms with Crippen molar-refractivity contribution in [3.8, 4) is 11.1 Å². The molecule has 4 heteroatoms. The second kappa shape index (κ2) is 8.95. The van der Waals surface area contributed by atoms with Gasteiger partial charge in [-0.2, -0.15) is 0 Å². The molecule has 2 aromatic carbocycles. The second-order valence-electron chi connectivity index (χ2n) is 8.83. The maximum absolute atomic E-state index is 15.2. The molecule has 160 valence electrons. The molecule has 4 rings (SSSR count). The van der Waals surface area contributed by atoms with E-state index in [0.29, 0.717) is 29.7 Å². The van der Waals surface area contributed by atoms with Gasteiger partial charge in [0.1, 0.15) is 5.82 Å². The third-order valence-corrected chi connectivity index (χ3v) is 7.01. The lowest BCUT2D eigenvalue weighted by Crippen LogP contribution is -2.26. The Bertz CT molecular complexity index is 915. The number of benzene rings is 2. The normalized spacial score (nSPS) is 24.2. The monoisotopic (exact) mass is 416 g/mol. The van der Waals surface area contributed by atoms with Crippen molar-refractivity contribution in [1.29, 1.82) is 0 Å². The molecule has 0 saturated heterocycles. The summed E-state index contributed by atoms with van der Waals surface area (Å²) in [5, 5.41) is 0. The Morgan fingerprint density at radius 3 is 2.23 bits per heavy atom. The van der Waals surface area contributed by atoms with Crippen LogP contribution in [0, 0.1) is 41.0 Å². The topological polar surface area (TPSA) is 0 Å². The third kappa shape index (κ3) is 4.19. The lowest BCUT2D eigenvalue weighted by atomic mass is 9.69. The summed E-state index contributed by atoms with van der Waals surface area (Å²) in [6.45, 7) is 2.16. The van der Waals surface area contributed by atoms with Crippen LogP contribution in [0.3, 0.4) is 0 Å². The summed E-state index contributed by atoms with van der Waals surface area (Å²) in [6, 6.07) is 5.18. The first-order valence-corrected chi connectivity index (χ1v) is 11.1. The van der Waals surface area contributed by atoms with Gasteiger partial charge < -0.3 is 0 Å². The molecule has 0 N–H and O–H groups in total. The molecule has 1 unspecified atom stereocenters. The highest BCUT2D eigenvalue weighted by Crippen LogP contribution is 2.41. The van der Waals surface area contributed by atoms with E-state index < -0.39 is 23.3 Å². The Balaban J connectivity index is 1.50. The predicted octanol–water partition coefficient (Wildman–Crippen LogP) is 7.79. The molecule has 0 aliphatic heterocycles. The van der Waals surface area contributed by atoms with Crippen LogP contribution in [0.2, 0.25) is 0 Å². The van der Waals surface area contributed by atoms with Gasteiger partial charge in [-0.3, -0.25) is 0 Å². The molecule has 0 heterocycles. The van der Waals surface area contributed by atoms with Crippen molar-refractivity contribution in [3.63, 3.8) is 0 Å².